The number of carbonyl (C=O) groups is 3. The van der Waals surface area contributed by atoms with Gasteiger partial charge in [0.1, 0.15) is 5.69 Å². The van der Waals surface area contributed by atoms with Gasteiger partial charge in [-0.25, -0.2) is 4.98 Å². The molecule has 3 aromatic rings. The Morgan fingerprint density at radius 1 is 1.15 bits per heavy atom. The zero-order valence-electron chi connectivity index (χ0n) is 23.8. The zero-order valence-corrected chi connectivity index (χ0v) is 25.4. The molecule has 40 heavy (non-hydrogen) atoms. The van der Waals surface area contributed by atoms with Crippen LogP contribution in [0.15, 0.2) is 24.3 Å². The topological polar surface area (TPSA) is 119 Å². The van der Waals surface area contributed by atoms with Gasteiger partial charge in [0.25, 0.3) is 11.8 Å². The second-order valence-corrected chi connectivity index (χ2v) is 13.1. The molecule has 0 saturated heterocycles. The summed E-state index contributed by atoms with van der Waals surface area (Å²) >= 11 is 7.55. The van der Waals surface area contributed by atoms with Gasteiger partial charge in [0.05, 0.1) is 5.69 Å². The molecule has 0 aliphatic carbocycles. The Morgan fingerprint density at radius 2 is 1.90 bits per heavy atom. The number of rotatable bonds is 10. The van der Waals surface area contributed by atoms with E-state index in [2.05, 4.69) is 37.9 Å². The lowest BCUT2D eigenvalue weighted by molar-refractivity contribution is -0.122. The highest BCUT2D eigenvalue weighted by molar-refractivity contribution is 7.13. The molecule has 2 atom stereocenters. The van der Waals surface area contributed by atoms with Crippen molar-refractivity contribution in [3.05, 3.63) is 50.6 Å². The Labute approximate surface area is 244 Å². The minimum absolute atomic E-state index is 0.0412. The van der Waals surface area contributed by atoms with E-state index in [1.54, 1.807) is 18.2 Å². The van der Waals surface area contributed by atoms with Crippen LogP contribution in [0.4, 0.5) is 0 Å². The average Bonchev–Trinajstić information content (AvgIpc) is 3.49. The zero-order chi connectivity index (χ0) is 29.0. The molecule has 1 aliphatic heterocycles. The number of amides is 3. The van der Waals surface area contributed by atoms with Crippen LogP contribution in [0.3, 0.4) is 0 Å². The molecule has 0 spiro atoms. The summed E-state index contributed by atoms with van der Waals surface area (Å²) in [7, 11) is 2.06. The third kappa shape index (κ3) is 7.83. The first-order valence-electron chi connectivity index (χ1n) is 13.8. The molecular weight excluding hydrogens is 548 g/mol. The quantitative estimate of drug-likeness (QED) is 0.275. The minimum atomic E-state index is -0.389. The summed E-state index contributed by atoms with van der Waals surface area (Å²) in [5.41, 5.74) is 1.90. The van der Waals surface area contributed by atoms with Gasteiger partial charge in [-0.05, 0) is 71.3 Å². The molecule has 0 unspecified atom stereocenters. The maximum Gasteiger partial charge on any atom is 0.280 e. The van der Waals surface area contributed by atoms with E-state index in [-0.39, 0.29) is 35.3 Å². The first-order chi connectivity index (χ1) is 18.9. The van der Waals surface area contributed by atoms with Crippen molar-refractivity contribution in [2.24, 2.45) is 0 Å². The first kappa shape index (κ1) is 30.0. The van der Waals surface area contributed by atoms with E-state index >= 15 is 0 Å². The number of aromatic amines is 1. The highest BCUT2D eigenvalue weighted by Crippen LogP contribution is 2.25. The van der Waals surface area contributed by atoms with Crippen molar-refractivity contribution in [2.45, 2.75) is 84.0 Å². The molecule has 0 fully saturated rings. The van der Waals surface area contributed by atoms with Gasteiger partial charge in [0, 0.05) is 64.4 Å². The number of aromatic nitrogens is 2. The Morgan fingerprint density at radius 3 is 2.62 bits per heavy atom. The summed E-state index contributed by atoms with van der Waals surface area (Å²) in [4.78, 5) is 50.2. The van der Waals surface area contributed by atoms with Crippen molar-refractivity contribution in [3.63, 3.8) is 0 Å². The number of H-pyrrole nitrogens is 1. The molecule has 3 heterocycles. The SMILES string of the molecule is CC[C@@H](NC(=O)c1nc2c(s1)CN(C)CC2)[C@H](CCCC(=O)NC(C)(C)C)NC(=O)c1cc2cc(Cl)ccc2[nH]1. The number of nitrogens with one attached hydrogen (secondary N) is 4. The van der Waals surface area contributed by atoms with Gasteiger partial charge >= 0.3 is 0 Å². The van der Waals surface area contributed by atoms with Gasteiger partial charge in [-0.15, -0.1) is 11.3 Å². The second-order valence-electron chi connectivity index (χ2n) is 11.5. The smallest absolute Gasteiger partial charge is 0.280 e. The summed E-state index contributed by atoms with van der Waals surface area (Å²) in [6, 6.07) is 6.44. The predicted octanol–water partition coefficient (Wildman–Crippen LogP) is 4.66. The molecule has 0 saturated carbocycles. The van der Waals surface area contributed by atoms with E-state index in [9.17, 15) is 14.4 Å². The van der Waals surface area contributed by atoms with E-state index in [4.69, 9.17) is 11.6 Å². The normalized spacial score (nSPS) is 15.3. The Bertz CT molecular complexity index is 1380. The van der Waals surface area contributed by atoms with E-state index in [0.717, 1.165) is 41.0 Å². The van der Waals surface area contributed by atoms with Crippen LogP contribution < -0.4 is 16.0 Å². The second kappa shape index (κ2) is 12.7. The summed E-state index contributed by atoms with van der Waals surface area (Å²) < 4.78 is 0. The lowest BCUT2D eigenvalue weighted by Gasteiger charge is -2.28. The number of fused-ring (bicyclic) bond motifs is 2. The average molecular weight is 587 g/mol. The molecule has 3 amide bonds. The van der Waals surface area contributed by atoms with Crippen molar-refractivity contribution in [1.29, 1.82) is 0 Å². The van der Waals surface area contributed by atoms with Gasteiger partial charge in [-0.1, -0.05) is 18.5 Å². The molecule has 1 aliphatic rings. The molecule has 216 valence electrons. The summed E-state index contributed by atoms with van der Waals surface area (Å²) in [6.45, 7) is 9.52. The van der Waals surface area contributed by atoms with Crippen LogP contribution in [0, 0.1) is 0 Å². The lowest BCUT2D eigenvalue weighted by Crippen LogP contribution is -2.51. The molecular formula is C29H39ClN6O3S. The van der Waals surface area contributed by atoms with E-state index < -0.39 is 0 Å². The fourth-order valence-corrected chi connectivity index (χ4v) is 6.22. The number of thiazole rings is 1. The predicted molar refractivity (Wildman–Crippen MR) is 160 cm³/mol. The fraction of sp³-hybridized carbons (Fsp3) is 0.517. The third-order valence-corrected chi connectivity index (χ3v) is 8.25. The molecule has 11 heteroatoms. The van der Waals surface area contributed by atoms with Crippen LogP contribution in [0.2, 0.25) is 5.02 Å². The molecule has 0 bridgehead atoms. The van der Waals surface area contributed by atoms with Crippen LogP contribution in [0.1, 0.15) is 84.2 Å². The van der Waals surface area contributed by atoms with Crippen molar-refractivity contribution in [3.8, 4) is 0 Å². The number of hydrogen-bond acceptors (Lipinski definition) is 6. The van der Waals surface area contributed by atoms with E-state index in [1.165, 1.54) is 11.3 Å². The fourth-order valence-electron chi connectivity index (χ4n) is 4.95. The largest absolute Gasteiger partial charge is 0.352 e. The summed E-state index contributed by atoms with van der Waals surface area (Å²) in [5.74, 6) is -0.559. The van der Waals surface area contributed by atoms with E-state index in [0.29, 0.717) is 41.4 Å². The molecule has 4 N–H and O–H groups in total. The highest BCUT2D eigenvalue weighted by atomic mass is 35.5. The monoisotopic (exact) mass is 586 g/mol. The molecule has 2 aromatic heterocycles. The van der Waals surface area contributed by atoms with Crippen LogP contribution in [0.5, 0.6) is 0 Å². The van der Waals surface area contributed by atoms with Crippen LogP contribution in [-0.2, 0) is 17.8 Å². The Balaban J connectivity index is 1.49. The van der Waals surface area contributed by atoms with Crippen molar-refractivity contribution >= 4 is 51.6 Å². The summed E-state index contributed by atoms with van der Waals surface area (Å²) in [5, 5.41) is 11.1. The third-order valence-electron chi connectivity index (χ3n) is 6.94. The minimum Gasteiger partial charge on any atom is -0.352 e. The first-order valence-corrected chi connectivity index (χ1v) is 15.0. The molecule has 1 aromatic carbocycles. The van der Waals surface area contributed by atoms with Crippen molar-refractivity contribution in [1.82, 2.24) is 30.8 Å². The number of hydrogen-bond donors (Lipinski definition) is 4. The standard InChI is InChI=1S/C29H39ClN6O3S/c1-6-19(32-27(39)28-34-22-12-13-36(5)16-24(22)40-28)21(8-7-9-25(37)35-29(2,3)4)33-26(38)23-15-17-14-18(30)10-11-20(17)31-23/h10-11,14-15,19,21,31H,6-9,12-13,16H2,1-5H3,(H,32,39)(H,33,38)(H,35,37)/t19-,21+/m1/s1. The maximum absolute atomic E-state index is 13.4. The van der Waals surface area contributed by atoms with Gasteiger partial charge in [0.15, 0.2) is 5.01 Å². The van der Waals surface area contributed by atoms with Gasteiger partial charge in [-0.2, -0.15) is 0 Å². The lowest BCUT2D eigenvalue weighted by atomic mass is 9.98. The number of carbonyl (C=O) groups excluding carboxylic acids is 3. The summed E-state index contributed by atoms with van der Waals surface area (Å²) in [6.07, 6.45) is 2.83. The van der Waals surface area contributed by atoms with E-state index in [1.807, 2.05) is 33.8 Å². The van der Waals surface area contributed by atoms with Crippen LogP contribution in [0.25, 0.3) is 10.9 Å². The molecule has 4 rings (SSSR count). The number of benzene rings is 1. The van der Waals surface area contributed by atoms with Crippen LogP contribution >= 0.6 is 22.9 Å². The van der Waals surface area contributed by atoms with Crippen LogP contribution in [-0.4, -0.2) is 63.8 Å². The van der Waals surface area contributed by atoms with Gasteiger partial charge < -0.3 is 25.8 Å². The Kier molecular flexibility index (Phi) is 9.53. The number of likely N-dealkylation sites (N-methyl/N-ethyl adjacent to an activating group) is 1. The highest BCUT2D eigenvalue weighted by Gasteiger charge is 2.28. The molecule has 0 radical (unpaired) electrons. The van der Waals surface area contributed by atoms with Crippen molar-refractivity contribution in [2.75, 3.05) is 13.6 Å². The number of halogens is 1. The Hall–Kier alpha value is -2.95. The molecule has 9 nitrogen and oxygen atoms in total. The van der Waals surface area contributed by atoms with Gasteiger partial charge in [0.2, 0.25) is 5.91 Å². The van der Waals surface area contributed by atoms with Gasteiger partial charge in [-0.3, -0.25) is 14.4 Å². The number of nitrogens with zero attached hydrogens (tertiary/aromatic N) is 2. The maximum atomic E-state index is 13.4. The van der Waals surface area contributed by atoms with Crippen molar-refractivity contribution < 1.29 is 14.4 Å².